The Morgan fingerprint density at radius 3 is 2.71 bits per heavy atom. The van der Waals surface area contributed by atoms with E-state index in [9.17, 15) is 9.59 Å². The SMILES string of the molecule is O=C1Cc2cc(C(=O)NCc3cccc(-c4nc(-c5ccccc5)cs4)c3)ccc2N1. The number of benzene rings is 3. The van der Waals surface area contributed by atoms with Gasteiger partial charge in [0.25, 0.3) is 5.91 Å². The van der Waals surface area contributed by atoms with Crippen molar-refractivity contribution >= 4 is 28.8 Å². The molecule has 0 aliphatic carbocycles. The fourth-order valence-electron chi connectivity index (χ4n) is 3.62. The number of amides is 2. The molecule has 5 nitrogen and oxygen atoms in total. The third-order valence-electron chi connectivity index (χ3n) is 5.19. The largest absolute Gasteiger partial charge is 0.348 e. The normalized spacial score (nSPS) is 12.3. The molecule has 0 bridgehead atoms. The first-order valence-corrected chi connectivity index (χ1v) is 10.8. The Balaban J connectivity index is 1.28. The summed E-state index contributed by atoms with van der Waals surface area (Å²) in [6.45, 7) is 0.415. The predicted octanol–water partition coefficient (Wildman–Crippen LogP) is 4.90. The summed E-state index contributed by atoms with van der Waals surface area (Å²) in [5.74, 6) is -0.199. The van der Waals surface area contributed by atoms with Gasteiger partial charge in [0.05, 0.1) is 12.1 Å². The number of hydrogen-bond acceptors (Lipinski definition) is 4. The standard InChI is InChI=1S/C25H19N3O2S/c29-23-13-20-12-18(9-10-21(20)27-23)24(30)26-14-16-5-4-8-19(11-16)25-28-22(15-31-25)17-6-2-1-3-7-17/h1-12,15H,13-14H2,(H,26,30)(H,27,29). The summed E-state index contributed by atoms with van der Waals surface area (Å²) in [6.07, 6.45) is 0.317. The number of fused-ring (bicyclic) bond motifs is 1. The molecule has 152 valence electrons. The Kier molecular flexibility index (Phi) is 5.06. The van der Waals surface area contributed by atoms with Crippen LogP contribution in [0.4, 0.5) is 5.69 Å². The maximum atomic E-state index is 12.6. The summed E-state index contributed by atoms with van der Waals surface area (Å²) in [7, 11) is 0. The lowest BCUT2D eigenvalue weighted by atomic mass is 10.1. The zero-order valence-corrected chi connectivity index (χ0v) is 17.4. The number of rotatable bonds is 5. The number of nitrogens with one attached hydrogen (secondary N) is 2. The molecule has 5 rings (SSSR count). The highest BCUT2D eigenvalue weighted by Gasteiger charge is 2.19. The highest BCUT2D eigenvalue weighted by atomic mass is 32.1. The van der Waals surface area contributed by atoms with E-state index < -0.39 is 0 Å². The molecule has 0 atom stereocenters. The van der Waals surface area contributed by atoms with Gasteiger partial charge >= 0.3 is 0 Å². The molecular weight excluding hydrogens is 406 g/mol. The van der Waals surface area contributed by atoms with E-state index in [1.807, 2.05) is 36.4 Å². The minimum Gasteiger partial charge on any atom is -0.348 e. The number of carbonyl (C=O) groups is 2. The van der Waals surface area contributed by atoms with Crippen LogP contribution in [0.1, 0.15) is 21.5 Å². The topological polar surface area (TPSA) is 71.1 Å². The van der Waals surface area contributed by atoms with Crippen LogP contribution >= 0.6 is 11.3 Å². The van der Waals surface area contributed by atoms with Crippen LogP contribution in [0.5, 0.6) is 0 Å². The van der Waals surface area contributed by atoms with Crippen molar-refractivity contribution in [2.75, 3.05) is 5.32 Å². The second kappa shape index (κ2) is 8.16. The van der Waals surface area contributed by atoms with Gasteiger partial charge in [-0.15, -0.1) is 11.3 Å². The molecule has 1 aliphatic heterocycles. The van der Waals surface area contributed by atoms with Gasteiger partial charge in [-0.2, -0.15) is 0 Å². The molecule has 0 radical (unpaired) electrons. The van der Waals surface area contributed by atoms with E-state index in [0.717, 1.165) is 38.6 Å². The van der Waals surface area contributed by atoms with Gasteiger partial charge in [0.15, 0.2) is 0 Å². The first-order chi connectivity index (χ1) is 15.2. The van der Waals surface area contributed by atoms with Crippen molar-refractivity contribution in [1.29, 1.82) is 0 Å². The van der Waals surface area contributed by atoms with E-state index >= 15 is 0 Å². The number of anilines is 1. The molecule has 6 heteroatoms. The average Bonchev–Trinajstić information content (AvgIpc) is 3.44. The molecule has 0 saturated carbocycles. The summed E-state index contributed by atoms with van der Waals surface area (Å²) in [5.41, 5.74) is 6.29. The van der Waals surface area contributed by atoms with Crippen LogP contribution < -0.4 is 10.6 Å². The van der Waals surface area contributed by atoms with Crippen LogP contribution in [0.15, 0.2) is 78.2 Å². The molecule has 0 saturated heterocycles. The molecule has 31 heavy (non-hydrogen) atoms. The van der Waals surface area contributed by atoms with Crippen molar-refractivity contribution in [3.05, 3.63) is 94.9 Å². The zero-order valence-electron chi connectivity index (χ0n) is 16.6. The number of aromatic nitrogens is 1. The van der Waals surface area contributed by atoms with Gasteiger partial charge in [-0.25, -0.2) is 4.98 Å². The maximum Gasteiger partial charge on any atom is 0.251 e. The third-order valence-corrected chi connectivity index (χ3v) is 6.08. The lowest BCUT2D eigenvalue weighted by molar-refractivity contribution is -0.115. The second-order valence-corrected chi connectivity index (χ2v) is 8.24. The highest BCUT2D eigenvalue weighted by Crippen LogP contribution is 2.29. The molecule has 2 N–H and O–H groups in total. The van der Waals surface area contributed by atoms with Crippen LogP contribution in [0.2, 0.25) is 0 Å². The van der Waals surface area contributed by atoms with Gasteiger partial charge in [-0.1, -0.05) is 48.5 Å². The Hall–Kier alpha value is -3.77. The van der Waals surface area contributed by atoms with Gasteiger partial charge in [-0.05, 0) is 35.4 Å². The van der Waals surface area contributed by atoms with E-state index in [1.54, 1.807) is 29.5 Å². The van der Waals surface area contributed by atoms with Crippen molar-refractivity contribution in [1.82, 2.24) is 10.3 Å². The highest BCUT2D eigenvalue weighted by molar-refractivity contribution is 7.13. The summed E-state index contributed by atoms with van der Waals surface area (Å²) < 4.78 is 0. The van der Waals surface area contributed by atoms with Crippen LogP contribution in [0.3, 0.4) is 0 Å². The van der Waals surface area contributed by atoms with Gasteiger partial charge in [0, 0.05) is 34.3 Å². The van der Waals surface area contributed by atoms with Crippen molar-refractivity contribution in [3.63, 3.8) is 0 Å². The van der Waals surface area contributed by atoms with Gasteiger partial charge in [-0.3, -0.25) is 9.59 Å². The van der Waals surface area contributed by atoms with Gasteiger partial charge in [0.2, 0.25) is 5.91 Å². The predicted molar refractivity (Wildman–Crippen MR) is 123 cm³/mol. The first-order valence-electron chi connectivity index (χ1n) is 9.97. The lowest BCUT2D eigenvalue weighted by Crippen LogP contribution is -2.22. The van der Waals surface area contributed by atoms with E-state index in [1.165, 1.54) is 0 Å². The molecule has 0 spiro atoms. The van der Waals surface area contributed by atoms with Crippen molar-refractivity contribution in [3.8, 4) is 21.8 Å². The quantitative estimate of drug-likeness (QED) is 0.478. The number of carbonyl (C=O) groups excluding carboxylic acids is 2. The maximum absolute atomic E-state index is 12.6. The minimum absolute atomic E-state index is 0.0398. The molecule has 4 aromatic rings. The van der Waals surface area contributed by atoms with Crippen LogP contribution in [0, 0.1) is 0 Å². The van der Waals surface area contributed by atoms with Crippen LogP contribution in [-0.2, 0) is 17.8 Å². The van der Waals surface area contributed by atoms with Crippen LogP contribution in [-0.4, -0.2) is 16.8 Å². The fraction of sp³-hybridized carbons (Fsp3) is 0.0800. The summed E-state index contributed by atoms with van der Waals surface area (Å²) in [6, 6.07) is 23.5. The van der Waals surface area contributed by atoms with E-state index in [-0.39, 0.29) is 11.8 Å². The number of nitrogens with zero attached hydrogens (tertiary/aromatic N) is 1. The molecule has 2 amide bonds. The molecule has 3 aromatic carbocycles. The Morgan fingerprint density at radius 1 is 1.00 bits per heavy atom. The lowest BCUT2D eigenvalue weighted by Gasteiger charge is -2.08. The van der Waals surface area contributed by atoms with Crippen molar-refractivity contribution < 1.29 is 9.59 Å². The molecular formula is C25H19N3O2S. The summed E-state index contributed by atoms with van der Waals surface area (Å²) in [4.78, 5) is 28.9. The minimum atomic E-state index is -0.159. The van der Waals surface area contributed by atoms with Gasteiger partial charge < -0.3 is 10.6 Å². The summed E-state index contributed by atoms with van der Waals surface area (Å²) in [5, 5.41) is 8.75. The van der Waals surface area contributed by atoms with E-state index in [2.05, 4.69) is 34.2 Å². The van der Waals surface area contributed by atoms with E-state index in [0.29, 0.717) is 18.5 Å². The summed E-state index contributed by atoms with van der Waals surface area (Å²) >= 11 is 1.61. The van der Waals surface area contributed by atoms with E-state index in [4.69, 9.17) is 4.98 Å². The monoisotopic (exact) mass is 425 g/mol. The smallest absolute Gasteiger partial charge is 0.251 e. The molecule has 1 aromatic heterocycles. The Morgan fingerprint density at radius 2 is 1.84 bits per heavy atom. The molecule has 1 aliphatic rings. The van der Waals surface area contributed by atoms with Crippen molar-refractivity contribution in [2.24, 2.45) is 0 Å². The third kappa shape index (κ3) is 4.11. The van der Waals surface area contributed by atoms with Gasteiger partial charge in [0.1, 0.15) is 5.01 Å². The van der Waals surface area contributed by atoms with Crippen molar-refractivity contribution in [2.45, 2.75) is 13.0 Å². The molecule has 0 fully saturated rings. The first kappa shape index (κ1) is 19.2. The average molecular weight is 426 g/mol. The molecule has 0 unspecified atom stereocenters. The second-order valence-electron chi connectivity index (χ2n) is 7.38. The Bertz CT molecular complexity index is 1280. The fourth-order valence-corrected chi connectivity index (χ4v) is 4.44. The Labute approximate surface area is 183 Å². The van der Waals surface area contributed by atoms with Crippen LogP contribution in [0.25, 0.3) is 21.8 Å². The molecule has 2 heterocycles. The zero-order chi connectivity index (χ0) is 21.2. The number of hydrogen-bond donors (Lipinski definition) is 2. The number of thiazole rings is 1.